The van der Waals surface area contributed by atoms with Gasteiger partial charge in [-0.05, 0) is 44.2 Å². The molecule has 0 atom stereocenters. The molecule has 0 aliphatic carbocycles. The van der Waals surface area contributed by atoms with Crippen molar-refractivity contribution in [2.75, 3.05) is 4.90 Å². The van der Waals surface area contributed by atoms with Gasteiger partial charge in [0.05, 0.1) is 11.1 Å². The smallest absolute Gasteiger partial charge is 0.427 e. The van der Waals surface area contributed by atoms with Crippen LogP contribution in [0.15, 0.2) is 42.5 Å². The van der Waals surface area contributed by atoms with Crippen LogP contribution in [0.5, 0.6) is 0 Å². The standard InChI is InChI=1S/C20H15F2N5O3/c1-11(2)26(13-7-4-6-12(10-13)19(28)29)20(30)27-18(23-3)17(24-25-27)16-14(21)8-5-9-15(16)22/h4-11H,1-2H3,(H,28,29). The van der Waals surface area contributed by atoms with Gasteiger partial charge in [-0.3, -0.25) is 4.90 Å². The van der Waals surface area contributed by atoms with E-state index in [0.717, 1.165) is 18.2 Å². The first kappa shape index (κ1) is 20.6. The van der Waals surface area contributed by atoms with Gasteiger partial charge in [-0.2, -0.15) is 0 Å². The van der Waals surface area contributed by atoms with Gasteiger partial charge in [-0.15, -0.1) is 5.10 Å². The summed E-state index contributed by atoms with van der Waals surface area (Å²) in [6, 6.07) is 7.55. The Kier molecular flexibility index (Phi) is 5.55. The third-order valence-corrected chi connectivity index (χ3v) is 4.23. The number of nitrogens with zero attached hydrogens (tertiary/aromatic N) is 5. The van der Waals surface area contributed by atoms with E-state index in [4.69, 9.17) is 6.57 Å². The number of aromatic nitrogens is 3. The van der Waals surface area contributed by atoms with Gasteiger partial charge in [0.1, 0.15) is 17.3 Å². The molecule has 0 aliphatic heterocycles. The second-order valence-corrected chi connectivity index (χ2v) is 6.48. The van der Waals surface area contributed by atoms with E-state index >= 15 is 0 Å². The lowest BCUT2D eigenvalue weighted by Crippen LogP contribution is -2.40. The number of amides is 1. The van der Waals surface area contributed by atoms with E-state index in [1.165, 1.54) is 29.2 Å². The van der Waals surface area contributed by atoms with Gasteiger partial charge in [-0.1, -0.05) is 23.4 Å². The van der Waals surface area contributed by atoms with E-state index in [2.05, 4.69) is 15.2 Å². The van der Waals surface area contributed by atoms with E-state index in [1.54, 1.807) is 13.8 Å². The highest BCUT2D eigenvalue weighted by Crippen LogP contribution is 2.33. The first-order valence-electron chi connectivity index (χ1n) is 8.70. The van der Waals surface area contributed by atoms with Crippen LogP contribution in [0.25, 0.3) is 16.1 Å². The second kappa shape index (κ2) is 8.08. The Morgan fingerprint density at radius 3 is 2.37 bits per heavy atom. The van der Waals surface area contributed by atoms with Gasteiger partial charge in [0.25, 0.3) is 5.82 Å². The van der Waals surface area contributed by atoms with Gasteiger partial charge in [-0.25, -0.2) is 18.4 Å². The molecule has 1 amide bonds. The zero-order valence-corrected chi connectivity index (χ0v) is 15.9. The van der Waals surface area contributed by atoms with Crippen molar-refractivity contribution in [2.24, 2.45) is 0 Å². The molecular weight excluding hydrogens is 396 g/mol. The predicted molar refractivity (Wildman–Crippen MR) is 103 cm³/mol. The third-order valence-electron chi connectivity index (χ3n) is 4.23. The minimum absolute atomic E-state index is 0.0379. The summed E-state index contributed by atoms with van der Waals surface area (Å²) in [4.78, 5) is 28.8. The molecule has 152 valence electrons. The predicted octanol–water partition coefficient (Wildman–Crippen LogP) is 4.36. The molecule has 1 aromatic heterocycles. The molecular formula is C20H15F2N5O3. The van der Waals surface area contributed by atoms with Crippen LogP contribution in [-0.4, -0.2) is 38.1 Å². The number of carboxylic acid groups (broad SMARTS) is 1. The lowest BCUT2D eigenvalue weighted by Gasteiger charge is -2.24. The molecule has 0 fully saturated rings. The summed E-state index contributed by atoms with van der Waals surface area (Å²) in [5, 5.41) is 16.5. The molecule has 1 heterocycles. The summed E-state index contributed by atoms with van der Waals surface area (Å²) in [6.45, 7) is 10.8. The minimum atomic E-state index is -1.17. The van der Waals surface area contributed by atoms with Crippen molar-refractivity contribution in [3.05, 3.63) is 71.1 Å². The number of benzene rings is 2. The van der Waals surface area contributed by atoms with Crippen molar-refractivity contribution < 1.29 is 23.5 Å². The molecule has 0 unspecified atom stereocenters. The fourth-order valence-corrected chi connectivity index (χ4v) is 2.91. The molecule has 1 N–H and O–H groups in total. The summed E-state index contributed by atoms with van der Waals surface area (Å²) in [7, 11) is 0. The fourth-order valence-electron chi connectivity index (χ4n) is 2.91. The number of halogens is 2. The van der Waals surface area contributed by atoms with Crippen LogP contribution < -0.4 is 4.90 Å². The maximum absolute atomic E-state index is 14.2. The van der Waals surface area contributed by atoms with Crippen molar-refractivity contribution in [1.29, 1.82) is 0 Å². The number of hydrogen-bond acceptors (Lipinski definition) is 4. The Hall–Kier alpha value is -4.13. The maximum Gasteiger partial charge on any atom is 0.427 e. The molecule has 3 rings (SSSR count). The van der Waals surface area contributed by atoms with Crippen molar-refractivity contribution in [1.82, 2.24) is 15.0 Å². The third kappa shape index (κ3) is 3.60. The average molecular weight is 411 g/mol. The van der Waals surface area contributed by atoms with Gasteiger partial charge in [0, 0.05) is 16.9 Å². The molecule has 8 nitrogen and oxygen atoms in total. The summed E-state index contributed by atoms with van der Waals surface area (Å²) >= 11 is 0. The molecule has 0 aliphatic rings. The van der Waals surface area contributed by atoms with Gasteiger partial charge < -0.3 is 9.95 Å². The topological polar surface area (TPSA) is 92.7 Å². The van der Waals surface area contributed by atoms with Crippen LogP contribution in [0.4, 0.5) is 25.1 Å². The number of anilines is 1. The second-order valence-electron chi connectivity index (χ2n) is 6.48. The van der Waals surface area contributed by atoms with Crippen LogP contribution in [0.2, 0.25) is 0 Å². The molecule has 0 saturated carbocycles. The van der Waals surface area contributed by atoms with Crippen LogP contribution in [0, 0.1) is 18.2 Å². The molecule has 0 spiro atoms. The largest absolute Gasteiger partial charge is 0.478 e. The van der Waals surface area contributed by atoms with Crippen molar-refractivity contribution >= 4 is 23.5 Å². The maximum atomic E-state index is 14.2. The van der Waals surface area contributed by atoms with Crippen LogP contribution in [0.1, 0.15) is 24.2 Å². The first-order chi connectivity index (χ1) is 14.3. The van der Waals surface area contributed by atoms with Crippen LogP contribution in [-0.2, 0) is 0 Å². The molecule has 2 aromatic carbocycles. The van der Waals surface area contributed by atoms with Crippen LogP contribution in [0.3, 0.4) is 0 Å². The summed E-state index contributed by atoms with van der Waals surface area (Å²) in [6.07, 6.45) is 0. The summed E-state index contributed by atoms with van der Waals surface area (Å²) in [5.74, 6) is -3.54. The minimum Gasteiger partial charge on any atom is -0.478 e. The lowest BCUT2D eigenvalue weighted by molar-refractivity contribution is 0.0697. The van der Waals surface area contributed by atoms with Gasteiger partial charge >= 0.3 is 12.0 Å². The number of carbonyl (C=O) groups is 2. The Morgan fingerprint density at radius 1 is 1.17 bits per heavy atom. The van der Waals surface area contributed by atoms with Crippen molar-refractivity contribution in [2.45, 2.75) is 19.9 Å². The molecule has 30 heavy (non-hydrogen) atoms. The highest BCUT2D eigenvalue weighted by Gasteiger charge is 2.31. The van der Waals surface area contributed by atoms with Crippen molar-refractivity contribution in [3.63, 3.8) is 0 Å². The Morgan fingerprint density at radius 2 is 1.80 bits per heavy atom. The zero-order valence-electron chi connectivity index (χ0n) is 15.9. The Balaban J connectivity index is 2.12. The van der Waals surface area contributed by atoms with E-state index in [0.29, 0.717) is 4.68 Å². The Labute approximate surface area is 169 Å². The number of aromatic carboxylic acids is 1. The number of carboxylic acids is 1. The zero-order chi connectivity index (χ0) is 22.0. The van der Waals surface area contributed by atoms with Gasteiger partial charge in [0.2, 0.25) is 0 Å². The normalized spacial score (nSPS) is 10.7. The first-order valence-corrected chi connectivity index (χ1v) is 8.70. The highest BCUT2D eigenvalue weighted by atomic mass is 19.1. The monoisotopic (exact) mass is 411 g/mol. The number of carbonyl (C=O) groups excluding carboxylic acids is 1. The van der Waals surface area contributed by atoms with E-state index in [-0.39, 0.29) is 11.3 Å². The fraction of sp³-hybridized carbons (Fsp3) is 0.150. The molecule has 10 heteroatoms. The number of rotatable bonds is 4. The molecule has 3 aromatic rings. The summed E-state index contributed by atoms with van der Waals surface area (Å²) < 4.78 is 29.0. The quantitative estimate of drug-likeness (QED) is 0.644. The number of hydrogen-bond donors (Lipinski definition) is 1. The van der Waals surface area contributed by atoms with E-state index in [1.807, 2.05) is 0 Å². The van der Waals surface area contributed by atoms with E-state index < -0.39 is 46.8 Å². The van der Waals surface area contributed by atoms with Crippen molar-refractivity contribution in [3.8, 4) is 11.3 Å². The molecule has 0 radical (unpaired) electrons. The van der Waals surface area contributed by atoms with Crippen LogP contribution >= 0.6 is 0 Å². The summed E-state index contributed by atoms with van der Waals surface area (Å²) in [5.41, 5.74) is -0.757. The molecule has 0 saturated heterocycles. The van der Waals surface area contributed by atoms with Gasteiger partial charge in [0.15, 0.2) is 0 Å². The Bertz CT molecular complexity index is 1160. The highest BCUT2D eigenvalue weighted by molar-refractivity contribution is 5.98. The lowest BCUT2D eigenvalue weighted by atomic mass is 10.1. The average Bonchev–Trinajstić information content (AvgIpc) is 3.11. The molecule has 0 bridgehead atoms. The van der Waals surface area contributed by atoms with E-state index in [9.17, 15) is 23.5 Å². The SMILES string of the molecule is [C-]#[N+]c1c(-c2c(F)cccc2F)nnn1C(=O)N(c1cccc(C(=O)O)c1)C(C)C.